The second kappa shape index (κ2) is 5.85. The average Bonchev–Trinajstić information content (AvgIpc) is 2.85. The van der Waals surface area contributed by atoms with Crippen molar-refractivity contribution < 1.29 is 22.8 Å². The summed E-state index contributed by atoms with van der Waals surface area (Å²) in [7, 11) is 0. The van der Waals surface area contributed by atoms with Gasteiger partial charge in [0.2, 0.25) is 5.89 Å². The van der Waals surface area contributed by atoms with Gasteiger partial charge in [0.1, 0.15) is 0 Å². The van der Waals surface area contributed by atoms with Crippen LogP contribution in [0.5, 0.6) is 0 Å². The van der Waals surface area contributed by atoms with E-state index in [2.05, 4.69) is 10.1 Å². The van der Waals surface area contributed by atoms with Crippen LogP contribution in [-0.4, -0.2) is 21.4 Å². The van der Waals surface area contributed by atoms with E-state index >= 15 is 0 Å². The zero-order valence-corrected chi connectivity index (χ0v) is 11.6. The summed E-state index contributed by atoms with van der Waals surface area (Å²) in [6.07, 6.45) is -4.88. The van der Waals surface area contributed by atoms with Crippen molar-refractivity contribution in [1.29, 1.82) is 0 Å². The highest BCUT2D eigenvalue weighted by atomic mass is 19.4. The highest BCUT2D eigenvalue weighted by Crippen LogP contribution is 2.30. The van der Waals surface area contributed by atoms with Crippen molar-refractivity contribution in [1.82, 2.24) is 10.1 Å². The van der Waals surface area contributed by atoms with Crippen LogP contribution in [0, 0.1) is 0 Å². The zero-order valence-electron chi connectivity index (χ0n) is 11.6. The average molecular weight is 300 g/mol. The fourth-order valence-corrected chi connectivity index (χ4v) is 1.77. The SMILES string of the molecule is CC(O)C(C)c1nc(Cc2cccc(C(F)(F)F)c2)no1. The maximum absolute atomic E-state index is 12.6. The lowest BCUT2D eigenvalue weighted by atomic mass is 10.1. The van der Waals surface area contributed by atoms with Crippen LogP contribution in [0.1, 0.15) is 42.6 Å². The lowest BCUT2D eigenvalue weighted by Gasteiger charge is -2.08. The molecule has 4 nitrogen and oxygen atoms in total. The van der Waals surface area contributed by atoms with Crippen molar-refractivity contribution in [2.75, 3.05) is 0 Å². The molecular weight excluding hydrogens is 285 g/mol. The minimum atomic E-state index is -4.38. The van der Waals surface area contributed by atoms with Crippen LogP contribution >= 0.6 is 0 Å². The Morgan fingerprint density at radius 2 is 2.00 bits per heavy atom. The van der Waals surface area contributed by atoms with Gasteiger partial charge in [-0.3, -0.25) is 0 Å². The number of rotatable bonds is 4. The molecule has 0 fully saturated rings. The van der Waals surface area contributed by atoms with Gasteiger partial charge in [-0.1, -0.05) is 30.3 Å². The topological polar surface area (TPSA) is 59.2 Å². The monoisotopic (exact) mass is 300 g/mol. The highest BCUT2D eigenvalue weighted by Gasteiger charge is 2.30. The smallest absolute Gasteiger partial charge is 0.393 e. The van der Waals surface area contributed by atoms with Crippen molar-refractivity contribution >= 4 is 0 Å². The van der Waals surface area contributed by atoms with Crippen molar-refractivity contribution in [3.8, 4) is 0 Å². The molecule has 2 rings (SSSR count). The maximum Gasteiger partial charge on any atom is 0.416 e. The number of hydrogen-bond donors (Lipinski definition) is 1. The number of benzene rings is 1. The summed E-state index contributed by atoms with van der Waals surface area (Å²) in [5.74, 6) is 0.233. The number of halogens is 3. The lowest BCUT2D eigenvalue weighted by molar-refractivity contribution is -0.137. The van der Waals surface area contributed by atoms with E-state index in [9.17, 15) is 18.3 Å². The van der Waals surface area contributed by atoms with Crippen LogP contribution in [0.4, 0.5) is 13.2 Å². The van der Waals surface area contributed by atoms with E-state index in [1.807, 2.05) is 0 Å². The Balaban J connectivity index is 2.16. The third kappa shape index (κ3) is 3.81. The fraction of sp³-hybridized carbons (Fsp3) is 0.429. The first kappa shape index (κ1) is 15.5. The quantitative estimate of drug-likeness (QED) is 0.942. The molecular formula is C14H15F3N2O2. The Bertz CT molecular complexity index is 608. The summed E-state index contributed by atoms with van der Waals surface area (Å²) in [6.45, 7) is 3.33. The fourth-order valence-electron chi connectivity index (χ4n) is 1.77. The molecule has 114 valence electrons. The Hall–Kier alpha value is -1.89. The molecule has 0 aliphatic rings. The predicted octanol–water partition coefficient (Wildman–Crippen LogP) is 3.16. The van der Waals surface area contributed by atoms with Crippen LogP contribution in [0.25, 0.3) is 0 Å². The minimum absolute atomic E-state index is 0.139. The van der Waals surface area contributed by atoms with E-state index in [1.165, 1.54) is 6.07 Å². The molecule has 1 N–H and O–H groups in total. The van der Waals surface area contributed by atoms with E-state index in [-0.39, 0.29) is 24.1 Å². The number of alkyl halides is 3. The summed E-state index contributed by atoms with van der Waals surface area (Å²) < 4.78 is 42.9. The molecule has 1 aromatic carbocycles. The summed E-state index contributed by atoms with van der Waals surface area (Å²) in [6, 6.07) is 5.00. The van der Waals surface area contributed by atoms with Crippen LogP contribution in [-0.2, 0) is 12.6 Å². The molecule has 0 saturated carbocycles. The van der Waals surface area contributed by atoms with Gasteiger partial charge in [-0.15, -0.1) is 0 Å². The second-order valence-corrected chi connectivity index (χ2v) is 4.95. The van der Waals surface area contributed by atoms with Gasteiger partial charge >= 0.3 is 6.18 Å². The zero-order chi connectivity index (χ0) is 15.6. The number of aliphatic hydroxyl groups excluding tert-OH is 1. The van der Waals surface area contributed by atoms with Gasteiger partial charge in [-0.25, -0.2) is 0 Å². The van der Waals surface area contributed by atoms with Gasteiger partial charge in [0.25, 0.3) is 0 Å². The molecule has 0 saturated heterocycles. The molecule has 0 bridgehead atoms. The Labute approximate surface area is 119 Å². The summed E-state index contributed by atoms with van der Waals surface area (Å²) >= 11 is 0. The number of aliphatic hydroxyl groups is 1. The first-order valence-electron chi connectivity index (χ1n) is 6.44. The molecule has 1 aromatic heterocycles. The molecule has 21 heavy (non-hydrogen) atoms. The molecule has 0 aliphatic carbocycles. The van der Waals surface area contributed by atoms with Crippen molar-refractivity contribution in [3.05, 3.63) is 47.1 Å². The number of hydrogen-bond acceptors (Lipinski definition) is 4. The molecule has 7 heteroatoms. The molecule has 0 amide bonds. The molecule has 2 unspecified atom stereocenters. The second-order valence-electron chi connectivity index (χ2n) is 4.95. The predicted molar refractivity (Wildman–Crippen MR) is 68.6 cm³/mol. The molecule has 0 radical (unpaired) electrons. The first-order valence-corrected chi connectivity index (χ1v) is 6.44. The standard InChI is InChI=1S/C14H15F3N2O2/c1-8(9(2)20)13-18-12(19-21-13)7-10-4-3-5-11(6-10)14(15,16)17/h3-6,8-9,20H,7H2,1-2H3. The van der Waals surface area contributed by atoms with Crippen molar-refractivity contribution in [2.24, 2.45) is 0 Å². The first-order chi connectivity index (χ1) is 9.77. The lowest BCUT2D eigenvalue weighted by Crippen LogP contribution is -2.11. The summed E-state index contributed by atoms with van der Waals surface area (Å²) in [4.78, 5) is 4.10. The van der Waals surface area contributed by atoms with Crippen LogP contribution < -0.4 is 0 Å². The van der Waals surface area contributed by atoms with Gasteiger partial charge in [0.05, 0.1) is 17.6 Å². The minimum Gasteiger partial charge on any atom is -0.393 e. The largest absolute Gasteiger partial charge is 0.416 e. The third-order valence-electron chi connectivity index (χ3n) is 3.21. The number of aromatic nitrogens is 2. The van der Waals surface area contributed by atoms with Crippen LogP contribution in [0.3, 0.4) is 0 Å². The Morgan fingerprint density at radius 1 is 1.29 bits per heavy atom. The van der Waals surface area contributed by atoms with Crippen LogP contribution in [0.15, 0.2) is 28.8 Å². The van der Waals surface area contributed by atoms with Gasteiger partial charge in [0, 0.05) is 6.42 Å². The Morgan fingerprint density at radius 3 is 2.62 bits per heavy atom. The highest BCUT2D eigenvalue weighted by molar-refractivity contribution is 5.27. The van der Waals surface area contributed by atoms with E-state index in [0.29, 0.717) is 5.56 Å². The summed E-state index contributed by atoms with van der Waals surface area (Å²) in [5.41, 5.74) is -0.261. The van der Waals surface area contributed by atoms with Gasteiger partial charge in [0.15, 0.2) is 5.82 Å². The molecule has 1 heterocycles. The third-order valence-corrected chi connectivity index (χ3v) is 3.21. The van der Waals surface area contributed by atoms with Gasteiger partial charge in [-0.2, -0.15) is 18.2 Å². The van der Waals surface area contributed by atoms with E-state index in [0.717, 1.165) is 12.1 Å². The van der Waals surface area contributed by atoms with Crippen molar-refractivity contribution in [2.45, 2.75) is 38.5 Å². The maximum atomic E-state index is 12.6. The van der Waals surface area contributed by atoms with Crippen LogP contribution in [0.2, 0.25) is 0 Å². The van der Waals surface area contributed by atoms with E-state index in [4.69, 9.17) is 4.52 Å². The molecule has 0 aliphatic heterocycles. The Kier molecular flexibility index (Phi) is 4.32. The molecule has 0 spiro atoms. The van der Waals surface area contributed by atoms with Gasteiger partial charge in [-0.05, 0) is 18.6 Å². The number of nitrogens with zero attached hydrogens (tertiary/aromatic N) is 2. The van der Waals surface area contributed by atoms with E-state index < -0.39 is 17.8 Å². The molecule has 2 atom stereocenters. The molecule has 2 aromatic rings. The normalized spacial score (nSPS) is 15.0. The van der Waals surface area contributed by atoms with Gasteiger partial charge < -0.3 is 9.63 Å². The summed E-state index contributed by atoms with van der Waals surface area (Å²) in [5, 5.41) is 13.2. The van der Waals surface area contributed by atoms with Crippen molar-refractivity contribution in [3.63, 3.8) is 0 Å². The van der Waals surface area contributed by atoms with E-state index in [1.54, 1.807) is 19.9 Å².